The fourth-order valence-electron chi connectivity index (χ4n) is 9.05. The molecule has 0 N–H and O–H groups in total. The summed E-state index contributed by atoms with van der Waals surface area (Å²) < 4.78 is 0. The molecule has 6 fully saturated rings. The molecular formula is C26H32N2O4. The van der Waals surface area contributed by atoms with Gasteiger partial charge in [0, 0.05) is 12.1 Å². The average Bonchev–Trinajstić information content (AvgIpc) is 3.19. The maximum atomic E-state index is 13.6. The van der Waals surface area contributed by atoms with Crippen LogP contribution in [0.1, 0.15) is 64.2 Å². The van der Waals surface area contributed by atoms with E-state index < -0.39 is 0 Å². The Morgan fingerprint density at radius 2 is 0.844 bits per heavy atom. The second kappa shape index (κ2) is 6.77. The van der Waals surface area contributed by atoms with Crippen LogP contribution in [0.5, 0.6) is 0 Å². The van der Waals surface area contributed by atoms with Crippen molar-refractivity contribution < 1.29 is 19.2 Å². The number of fused-ring (bicyclic) bond motifs is 1. The highest BCUT2D eigenvalue weighted by Gasteiger charge is 2.75. The normalized spacial score (nSPS) is 45.9. The van der Waals surface area contributed by atoms with Crippen molar-refractivity contribution in [3.05, 3.63) is 12.2 Å². The fourth-order valence-corrected chi connectivity index (χ4v) is 9.05. The number of hydrogen-bond acceptors (Lipinski definition) is 4. The Kier molecular flexibility index (Phi) is 4.12. The van der Waals surface area contributed by atoms with Crippen molar-refractivity contribution >= 4 is 23.6 Å². The first-order valence-corrected chi connectivity index (χ1v) is 13.0. The van der Waals surface area contributed by atoms with Gasteiger partial charge in [0.2, 0.25) is 23.6 Å². The van der Waals surface area contributed by atoms with Gasteiger partial charge in [-0.3, -0.25) is 29.0 Å². The lowest BCUT2D eigenvalue weighted by Crippen LogP contribution is -2.63. The lowest BCUT2D eigenvalue weighted by molar-refractivity contribution is -0.166. The second-order valence-corrected chi connectivity index (χ2v) is 11.5. The van der Waals surface area contributed by atoms with E-state index in [4.69, 9.17) is 0 Å². The third-order valence-corrected chi connectivity index (χ3v) is 10.3. The van der Waals surface area contributed by atoms with Gasteiger partial charge < -0.3 is 0 Å². The zero-order chi connectivity index (χ0) is 21.7. The maximum absolute atomic E-state index is 13.6. The number of carbonyl (C=O) groups excluding carboxylic acids is 4. The molecule has 6 nitrogen and oxygen atoms in total. The number of hydrogen-bond donors (Lipinski definition) is 0. The van der Waals surface area contributed by atoms with E-state index in [0.717, 1.165) is 51.4 Å². The van der Waals surface area contributed by atoms with Gasteiger partial charge in [0.05, 0.1) is 23.7 Å². The smallest absolute Gasteiger partial charge is 0.233 e. The van der Waals surface area contributed by atoms with E-state index in [-0.39, 0.29) is 83.1 Å². The summed E-state index contributed by atoms with van der Waals surface area (Å²) in [5, 5.41) is 0. The lowest BCUT2D eigenvalue weighted by atomic mass is 9.40. The van der Waals surface area contributed by atoms with Crippen LogP contribution in [-0.2, 0) is 19.2 Å². The Morgan fingerprint density at radius 1 is 0.500 bits per heavy atom. The Morgan fingerprint density at radius 3 is 1.22 bits per heavy atom. The zero-order valence-corrected chi connectivity index (χ0v) is 18.5. The van der Waals surface area contributed by atoms with E-state index >= 15 is 0 Å². The molecule has 6 aliphatic carbocycles. The van der Waals surface area contributed by atoms with Crippen LogP contribution in [0, 0.1) is 47.3 Å². The van der Waals surface area contributed by atoms with Crippen molar-refractivity contribution in [3.63, 3.8) is 0 Å². The summed E-state index contributed by atoms with van der Waals surface area (Å²) in [4.78, 5) is 57.4. The van der Waals surface area contributed by atoms with Gasteiger partial charge in [-0.15, -0.1) is 0 Å². The largest absolute Gasteiger partial charge is 0.279 e. The van der Waals surface area contributed by atoms with Gasteiger partial charge in [-0.05, 0) is 49.4 Å². The van der Waals surface area contributed by atoms with E-state index in [9.17, 15) is 19.2 Å². The minimum Gasteiger partial charge on any atom is -0.279 e. The number of likely N-dealkylation sites (tertiary alicyclic amines) is 2. The molecule has 6 heteroatoms. The molecule has 0 radical (unpaired) electrons. The second-order valence-electron chi connectivity index (χ2n) is 11.5. The van der Waals surface area contributed by atoms with Crippen LogP contribution in [-0.4, -0.2) is 45.5 Å². The summed E-state index contributed by atoms with van der Waals surface area (Å²) in [5.41, 5.74) is 0. The number of amides is 4. The summed E-state index contributed by atoms with van der Waals surface area (Å²) in [6.45, 7) is 0. The van der Waals surface area contributed by atoms with Gasteiger partial charge in [0.1, 0.15) is 0 Å². The quantitative estimate of drug-likeness (QED) is 0.493. The van der Waals surface area contributed by atoms with E-state index in [1.807, 2.05) is 0 Å². The zero-order valence-electron chi connectivity index (χ0n) is 18.5. The minimum absolute atomic E-state index is 0.00839. The lowest BCUT2D eigenvalue weighted by Gasteiger charge is -2.60. The highest BCUT2D eigenvalue weighted by Crippen LogP contribution is 2.68. The van der Waals surface area contributed by atoms with Crippen LogP contribution in [0.25, 0.3) is 0 Å². The molecule has 0 aromatic rings. The standard InChI is InChI=1S/C26H32N2O4/c29-23-19-15-11-12-16(20(19)24(30)27(23)13-7-3-1-4-8-13)18-17(15)21-22(18)26(32)28(25(21)31)14-9-5-2-6-10-14/h11-22H,1-10H2/t15-,16-,17-,18-,19-,20+,21-,22+/m0/s1. The molecule has 32 heavy (non-hydrogen) atoms. The van der Waals surface area contributed by atoms with Crippen molar-refractivity contribution in [2.24, 2.45) is 47.3 Å². The summed E-state index contributed by atoms with van der Waals surface area (Å²) >= 11 is 0. The third-order valence-electron chi connectivity index (χ3n) is 10.3. The number of allylic oxidation sites excluding steroid dienone is 2. The van der Waals surface area contributed by atoms with Gasteiger partial charge in [-0.1, -0.05) is 50.7 Å². The van der Waals surface area contributed by atoms with E-state index in [2.05, 4.69) is 12.2 Å². The van der Waals surface area contributed by atoms with Crippen molar-refractivity contribution in [2.75, 3.05) is 0 Å². The van der Waals surface area contributed by atoms with Crippen molar-refractivity contribution in [1.82, 2.24) is 9.80 Å². The van der Waals surface area contributed by atoms with Gasteiger partial charge in [0.15, 0.2) is 0 Å². The monoisotopic (exact) mass is 436 g/mol. The molecule has 2 saturated heterocycles. The Hall–Kier alpha value is -1.98. The highest BCUT2D eigenvalue weighted by molar-refractivity contribution is 6.09. The summed E-state index contributed by atoms with van der Waals surface area (Å²) in [6, 6.07) is 0.113. The predicted octanol–water partition coefficient (Wildman–Crippen LogP) is 2.92. The first-order valence-electron chi connectivity index (χ1n) is 13.0. The van der Waals surface area contributed by atoms with Crippen LogP contribution in [0.2, 0.25) is 0 Å². The maximum Gasteiger partial charge on any atom is 0.233 e. The van der Waals surface area contributed by atoms with Crippen LogP contribution < -0.4 is 0 Å². The Labute approximate surface area is 188 Å². The molecule has 8 atom stereocenters. The van der Waals surface area contributed by atoms with Gasteiger partial charge in [0.25, 0.3) is 0 Å². The van der Waals surface area contributed by atoms with Gasteiger partial charge >= 0.3 is 0 Å². The topological polar surface area (TPSA) is 74.8 Å². The van der Waals surface area contributed by atoms with Crippen molar-refractivity contribution in [1.29, 1.82) is 0 Å². The van der Waals surface area contributed by atoms with Gasteiger partial charge in [-0.25, -0.2) is 0 Å². The molecule has 8 rings (SSSR count). The third kappa shape index (κ3) is 2.27. The Bertz CT molecular complexity index is 874. The molecular weight excluding hydrogens is 404 g/mol. The van der Waals surface area contributed by atoms with Gasteiger partial charge in [-0.2, -0.15) is 0 Å². The molecule has 170 valence electrons. The molecule has 0 spiro atoms. The fraction of sp³-hybridized carbons (Fsp3) is 0.769. The van der Waals surface area contributed by atoms with Crippen LogP contribution in [0.4, 0.5) is 0 Å². The molecule has 2 bridgehead atoms. The van der Waals surface area contributed by atoms with Crippen LogP contribution in [0.3, 0.4) is 0 Å². The molecule has 4 amide bonds. The van der Waals surface area contributed by atoms with E-state index in [1.165, 1.54) is 12.8 Å². The average molecular weight is 437 g/mol. The van der Waals surface area contributed by atoms with Crippen LogP contribution in [0.15, 0.2) is 12.2 Å². The summed E-state index contributed by atoms with van der Waals surface area (Å²) in [6.07, 6.45) is 14.6. The molecule has 0 aromatic carbocycles. The van der Waals surface area contributed by atoms with E-state index in [0.29, 0.717) is 0 Å². The minimum atomic E-state index is -0.312. The molecule has 8 aliphatic rings. The number of nitrogens with zero attached hydrogens (tertiary/aromatic N) is 2. The van der Waals surface area contributed by atoms with Crippen LogP contribution >= 0.6 is 0 Å². The molecule has 2 heterocycles. The molecule has 0 aromatic heterocycles. The van der Waals surface area contributed by atoms with Crippen molar-refractivity contribution in [3.8, 4) is 0 Å². The Balaban J connectivity index is 1.20. The number of carbonyl (C=O) groups is 4. The predicted molar refractivity (Wildman–Crippen MR) is 115 cm³/mol. The molecule has 4 saturated carbocycles. The number of rotatable bonds is 2. The first-order chi connectivity index (χ1) is 15.6. The SMILES string of the molecule is O=C1[C@@H]2[C@H]3C=C[C@H]([C@@H]2C(=O)N1C1CCCCC1)[C@@H]1[C@@H]2C(=O)N(C4CCCCC4)C(=O)[C@@H]2[C@@H]31. The molecule has 2 aliphatic heterocycles. The highest BCUT2D eigenvalue weighted by atomic mass is 16.2. The van der Waals surface area contributed by atoms with E-state index in [1.54, 1.807) is 9.80 Å². The molecule has 0 unspecified atom stereocenters. The summed E-state index contributed by atoms with van der Waals surface area (Å²) in [5.74, 6) is -1.11. The summed E-state index contributed by atoms with van der Waals surface area (Å²) in [7, 11) is 0. The number of imide groups is 2. The first kappa shape index (κ1) is 19.5. The van der Waals surface area contributed by atoms with Crippen molar-refractivity contribution in [2.45, 2.75) is 76.3 Å².